The summed E-state index contributed by atoms with van der Waals surface area (Å²) in [6, 6.07) is 9.44. The van der Waals surface area contributed by atoms with E-state index in [-0.39, 0.29) is 29.7 Å². The molecule has 1 fully saturated rings. The average molecular weight is 422 g/mol. The van der Waals surface area contributed by atoms with E-state index in [0.717, 1.165) is 44.8 Å². The second kappa shape index (κ2) is 10.9. The Morgan fingerprint density at radius 3 is 2.50 bits per heavy atom. The zero-order chi connectivity index (χ0) is 16.8. The number of aromatic nitrogens is 2. The molecule has 2 N–H and O–H groups in total. The van der Waals surface area contributed by atoms with Crippen LogP contribution in [0.25, 0.3) is 5.69 Å². The second-order valence-corrected chi connectivity index (χ2v) is 7.57. The summed E-state index contributed by atoms with van der Waals surface area (Å²) in [5, 5.41) is 7.44. The van der Waals surface area contributed by atoms with Crippen LogP contribution < -0.4 is 10.0 Å². The maximum atomic E-state index is 12.3. The van der Waals surface area contributed by atoms with Crippen LogP contribution in [0.1, 0.15) is 6.42 Å². The fourth-order valence-corrected chi connectivity index (χ4v) is 3.70. The van der Waals surface area contributed by atoms with Crippen LogP contribution in [0.3, 0.4) is 0 Å². The third kappa shape index (κ3) is 6.22. The lowest BCUT2D eigenvalue weighted by Crippen LogP contribution is -2.44. The summed E-state index contributed by atoms with van der Waals surface area (Å²) in [5.74, 6) is 0. The smallest absolute Gasteiger partial charge is 0.243 e. The fourth-order valence-electron chi connectivity index (χ4n) is 2.69. The first-order valence-corrected chi connectivity index (χ1v) is 9.66. The zero-order valence-electron chi connectivity index (χ0n) is 14.4. The number of para-hydroxylation sites is 1. The highest BCUT2D eigenvalue weighted by atomic mass is 35.5. The van der Waals surface area contributed by atoms with E-state index >= 15 is 0 Å². The number of piperazine rings is 1. The first kappa shape index (κ1) is 22.9. The van der Waals surface area contributed by atoms with Crippen molar-refractivity contribution in [1.29, 1.82) is 0 Å². The number of hydrogen-bond acceptors (Lipinski definition) is 5. The van der Waals surface area contributed by atoms with Crippen LogP contribution in [0.15, 0.2) is 47.6 Å². The predicted octanol–water partition coefficient (Wildman–Crippen LogP) is 1.29. The molecular weight excluding hydrogens is 397 g/mol. The number of rotatable bonds is 7. The van der Waals surface area contributed by atoms with Crippen LogP contribution >= 0.6 is 24.8 Å². The van der Waals surface area contributed by atoms with Gasteiger partial charge in [0.05, 0.1) is 18.1 Å². The monoisotopic (exact) mass is 421 g/mol. The molecule has 0 amide bonds. The zero-order valence-corrected chi connectivity index (χ0v) is 16.8. The van der Waals surface area contributed by atoms with Crippen molar-refractivity contribution in [3.8, 4) is 5.69 Å². The van der Waals surface area contributed by atoms with Crippen molar-refractivity contribution < 1.29 is 8.42 Å². The van der Waals surface area contributed by atoms with Crippen molar-refractivity contribution >= 4 is 34.8 Å². The Morgan fingerprint density at radius 1 is 1.12 bits per heavy atom. The van der Waals surface area contributed by atoms with Crippen LogP contribution in [0, 0.1) is 0 Å². The molecule has 3 rings (SSSR count). The SMILES string of the molecule is Cl.Cl.O=S(=O)(NCCCN1CCNCC1)c1cnn(-c2ccccc2)c1. The Labute approximate surface area is 167 Å². The summed E-state index contributed by atoms with van der Waals surface area (Å²) in [4.78, 5) is 2.53. The van der Waals surface area contributed by atoms with Crippen molar-refractivity contribution in [3.63, 3.8) is 0 Å². The van der Waals surface area contributed by atoms with Crippen LogP contribution in [0.4, 0.5) is 0 Å². The molecule has 146 valence electrons. The number of nitrogens with one attached hydrogen (secondary N) is 2. The summed E-state index contributed by atoms with van der Waals surface area (Å²) in [7, 11) is -3.51. The van der Waals surface area contributed by atoms with Gasteiger partial charge in [-0.25, -0.2) is 17.8 Å². The van der Waals surface area contributed by atoms with Crippen LogP contribution in [-0.4, -0.2) is 62.4 Å². The van der Waals surface area contributed by atoms with Crippen molar-refractivity contribution in [1.82, 2.24) is 24.7 Å². The second-order valence-electron chi connectivity index (χ2n) is 5.80. The first-order valence-electron chi connectivity index (χ1n) is 8.18. The lowest BCUT2D eigenvalue weighted by atomic mass is 10.3. The molecule has 10 heteroatoms. The molecule has 2 heterocycles. The summed E-state index contributed by atoms with van der Waals surface area (Å²) in [6.07, 6.45) is 3.71. The molecule has 1 aliphatic rings. The highest BCUT2D eigenvalue weighted by molar-refractivity contribution is 7.89. The summed E-state index contributed by atoms with van der Waals surface area (Å²) < 4.78 is 28.9. The van der Waals surface area contributed by atoms with Crippen molar-refractivity contribution in [3.05, 3.63) is 42.7 Å². The fraction of sp³-hybridized carbons (Fsp3) is 0.438. The van der Waals surface area contributed by atoms with E-state index in [1.165, 1.54) is 12.4 Å². The number of sulfonamides is 1. The standard InChI is InChI=1S/C16H23N5O2S.2ClH/c22-24(23,19-7-4-10-20-11-8-17-9-12-20)16-13-18-21(14-16)15-5-2-1-3-6-15;;/h1-3,5-6,13-14,17,19H,4,7-12H2;2*1H. The Balaban J connectivity index is 0.00000169. The third-order valence-corrected chi connectivity index (χ3v) is 5.46. The van der Waals surface area contributed by atoms with Gasteiger partial charge in [0, 0.05) is 32.7 Å². The van der Waals surface area contributed by atoms with E-state index in [1.807, 2.05) is 30.3 Å². The van der Waals surface area contributed by atoms with E-state index in [4.69, 9.17) is 0 Å². The van der Waals surface area contributed by atoms with Gasteiger partial charge >= 0.3 is 0 Å². The van der Waals surface area contributed by atoms with Gasteiger partial charge in [-0.3, -0.25) is 0 Å². The van der Waals surface area contributed by atoms with Crippen molar-refractivity contribution in [2.75, 3.05) is 39.3 Å². The van der Waals surface area contributed by atoms with Crippen LogP contribution in [0.5, 0.6) is 0 Å². The minimum absolute atomic E-state index is 0. The molecular formula is C16H25Cl2N5O2S. The molecule has 1 aliphatic heterocycles. The van der Waals surface area contributed by atoms with E-state index in [1.54, 1.807) is 4.68 Å². The van der Waals surface area contributed by atoms with Gasteiger partial charge < -0.3 is 10.2 Å². The Bertz CT molecular complexity index is 749. The van der Waals surface area contributed by atoms with Gasteiger partial charge in [0.15, 0.2) is 0 Å². The molecule has 0 atom stereocenters. The highest BCUT2D eigenvalue weighted by Gasteiger charge is 2.16. The quantitative estimate of drug-likeness (QED) is 0.658. The summed E-state index contributed by atoms with van der Waals surface area (Å²) >= 11 is 0. The van der Waals surface area contributed by atoms with Crippen LogP contribution in [-0.2, 0) is 10.0 Å². The molecule has 0 bridgehead atoms. The molecule has 1 saturated heterocycles. The molecule has 2 aromatic rings. The van der Waals surface area contributed by atoms with E-state index < -0.39 is 10.0 Å². The van der Waals surface area contributed by atoms with Gasteiger partial charge in [0.25, 0.3) is 0 Å². The van der Waals surface area contributed by atoms with Gasteiger partial charge in [-0.05, 0) is 25.1 Å². The molecule has 0 radical (unpaired) electrons. The average Bonchev–Trinajstić information content (AvgIpc) is 3.12. The molecule has 26 heavy (non-hydrogen) atoms. The topological polar surface area (TPSA) is 79.3 Å². The first-order chi connectivity index (χ1) is 11.6. The molecule has 1 aromatic carbocycles. The molecule has 0 unspecified atom stereocenters. The number of hydrogen-bond donors (Lipinski definition) is 2. The molecule has 1 aromatic heterocycles. The minimum atomic E-state index is -3.51. The third-order valence-electron chi connectivity index (χ3n) is 4.04. The van der Waals surface area contributed by atoms with E-state index in [2.05, 4.69) is 20.0 Å². The number of benzene rings is 1. The molecule has 0 saturated carbocycles. The predicted molar refractivity (Wildman–Crippen MR) is 107 cm³/mol. The van der Waals surface area contributed by atoms with Gasteiger partial charge in [0.1, 0.15) is 4.90 Å². The lowest BCUT2D eigenvalue weighted by molar-refractivity contribution is 0.239. The Morgan fingerprint density at radius 2 is 1.81 bits per heavy atom. The number of halogens is 2. The van der Waals surface area contributed by atoms with Crippen molar-refractivity contribution in [2.24, 2.45) is 0 Å². The van der Waals surface area contributed by atoms with Gasteiger partial charge in [-0.2, -0.15) is 5.10 Å². The van der Waals surface area contributed by atoms with E-state index in [9.17, 15) is 8.42 Å². The lowest BCUT2D eigenvalue weighted by Gasteiger charge is -2.26. The van der Waals surface area contributed by atoms with E-state index in [0.29, 0.717) is 6.54 Å². The molecule has 7 nitrogen and oxygen atoms in total. The van der Waals surface area contributed by atoms with Gasteiger partial charge in [0.2, 0.25) is 10.0 Å². The molecule has 0 spiro atoms. The van der Waals surface area contributed by atoms with Crippen LogP contribution in [0.2, 0.25) is 0 Å². The largest absolute Gasteiger partial charge is 0.314 e. The Hall–Kier alpha value is -1.16. The van der Waals surface area contributed by atoms with Gasteiger partial charge in [-0.1, -0.05) is 18.2 Å². The summed E-state index contributed by atoms with van der Waals surface area (Å²) in [5.41, 5.74) is 0.831. The Kier molecular flexibility index (Phi) is 9.56. The number of nitrogens with zero attached hydrogens (tertiary/aromatic N) is 3. The van der Waals surface area contributed by atoms with Crippen molar-refractivity contribution in [2.45, 2.75) is 11.3 Å². The maximum absolute atomic E-state index is 12.3. The molecule has 0 aliphatic carbocycles. The summed E-state index contributed by atoms with van der Waals surface area (Å²) in [6.45, 7) is 5.40. The normalized spacial score (nSPS) is 15.1. The maximum Gasteiger partial charge on any atom is 0.243 e. The minimum Gasteiger partial charge on any atom is -0.314 e. The highest BCUT2D eigenvalue weighted by Crippen LogP contribution is 2.11. The van der Waals surface area contributed by atoms with Gasteiger partial charge in [-0.15, -0.1) is 24.8 Å².